The van der Waals surface area contributed by atoms with Crippen molar-refractivity contribution in [3.8, 4) is 11.8 Å². The van der Waals surface area contributed by atoms with Gasteiger partial charge >= 0.3 is 10.1 Å². The number of aromatic nitrogens is 2. The molecule has 0 radical (unpaired) electrons. The van der Waals surface area contributed by atoms with E-state index in [2.05, 4.69) is 34.8 Å². The number of aromatic amines is 1. The smallest absolute Gasteiger partial charge is 0.306 e. The fourth-order valence-electron chi connectivity index (χ4n) is 7.26. The topological polar surface area (TPSA) is 119 Å². The number of aliphatic hydroxyl groups is 1. The molecule has 4 aliphatic rings. The van der Waals surface area contributed by atoms with Crippen molar-refractivity contribution < 1.29 is 17.7 Å². The molecule has 9 heteroatoms. The van der Waals surface area contributed by atoms with Crippen LogP contribution in [0.15, 0.2) is 12.4 Å². The van der Waals surface area contributed by atoms with E-state index in [1.54, 1.807) is 0 Å². The molecule has 2 aliphatic heterocycles. The van der Waals surface area contributed by atoms with Gasteiger partial charge in [0.25, 0.3) is 0 Å². The third-order valence-electron chi connectivity index (χ3n) is 8.18. The maximum Gasteiger partial charge on any atom is 0.306 e. The minimum Gasteiger partial charge on any atom is -0.381 e. The molecule has 2 N–H and O–H groups in total. The van der Waals surface area contributed by atoms with Crippen LogP contribution in [0.25, 0.3) is 11.0 Å². The third kappa shape index (κ3) is 3.82. The van der Waals surface area contributed by atoms with E-state index in [4.69, 9.17) is 4.18 Å². The van der Waals surface area contributed by atoms with Crippen molar-refractivity contribution in [2.75, 3.05) is 6.26 Å². The van der Waals surface area contributed by atoms with Crippen LogP contribution in [0, 0.1) is 29.1 Å². The Kier molecular flexibility index (Phi) is 5.09. The highest BCUT2D eigenvalue weighted by Crippen LogP contribution is 2.61. The lowest BCUT2D eigenvalue weighted by Crippen LogP contribution is -2.66. The Balaban J connectivity index is 1.39. The van der Waals surface area contributed by atoms with Crippen LogP contribution in [-0.4, -0.2) is 53.0 Å². The highest BCUT2D eigenvalue weighted by Gasteiger charge is 2.60. The number of hydrogen-bond donors (Lipinski definition) is 2. The van der Waals surface area contributed by atoms with E-state index in [-0.39, 0.29) is 34.6 Å². The predicted molar refractivity (Wildman–Crippen MR) is 124 cm³/mol. The quantitative estimate of drug-likeness (QED) is 0.617. The second-order valence-electron chi connectivity index (χ2n) is 11.1. The van der Waals surface area contributed by atoms with Crippen LogP contribution in [0.2, 0.25) is 0 Å². The summed E-state index contributed by atoms with van der Waals surface area (Å²) in [5.74, 6) is 0.235. The maximum absolute atomic E-state index is 11.6. The van der Waals surface area contributed by atoms with Crippen molar-refractivity contribution in [1.29, 1.82) is 5.26 Å². The molecule has 2 aromatic rings. The lowest BCUT2D eigenvalue weighted by Gasteiger charge is -2.64. The molecule has 2 aliphatic carbocycles. The van der Waals surface area contributed by atoms with Crippen molar-refractivity contribution >= 4 is 21.2 Å². The van der Waals surface area contributed by atoms with E-state index in [1.165, 1.54) is 6.20 Å². The number of aryl methyl sites for hydroxylation is 1. The average molecular weight is 473 g/mol. The minimum absolute atomic E-state index is 0.0143. The first-order chi connectivity index (χ1) is 15.4. The van der Waals surface area contributed by atoms with E-state index in [1.807, 2.05) is 13.1 Å². The van der Waals surface area contributed by atoms with Gasteiger partial charge in [0.1, 0.15) is 11.9 Å². The van der Waals surface area contributed by atoms with Crippen molar-refractivity contribution in [1.82, 2.24) is 14.9 Å². The second-order valence-corrected chi connectivity index (χ2v) is 12.6. The van der Waals surface area contributed by atoms with Gasteiger partial charge in [0.2, 0.25) is 0 Å². The van der Waals surface area contributed by atoms with E-state index in [9.17, 15) is 18.8 Å². The SMILES string of the molecule is Cc1c(OS(C)(=O)=O)cnc2[nH]cc(C(C)CC(O)N3C4CC5(C)CC3CC(C#N)(C4)C5)c12. The summed E-state index contributed by atoms with van der Waals surface area (Å²) >= 11 is 0. The van der Waals surface area contributed by atoms with Crippen molar-refractivity contribution in [2.24, 2.45) is 10.8 Å². The summed E-state index contributed by atoms with van der Waals surface area (Å²) in [4.78, 5) is 9.79. The number of piperidine rings is 2. The molecule has 4 atom stereocenters. The van der Waals surface area contributed by atoms with E-state index in [0.29, 0.717) is 17.6 Å². The fourth-order valence-corrected chi connectivity index (χ4v) is 7.75. The Hall–Kier alpha value is -2.15. The van der Waals surface area contributed by atoms with Crippen LogP contribution in [0.3, 0.4) is 0 Å². The number of aliphatic hydroxyl groups excluding tert-OH is 1. The lowest BCUT2D eigenvalue weighted by atomic mass is 9.50. The van der Waals surface area contributed by atoms with Gasteiger partial charge in [-0.05, 0) is 62.3 Å². The third-order valence-corrected chi connectivity index (χ3v) is 8.66. The zero-order valence-electron chi connectivity index (χ0n) is 19.6. The molecule has 4 heterocycles. The molecule has 0 spiro atoms. The molecule has 2 saturated carbocycles. The van der Waals surface area contributed by atoms with Gasteiger partial charge in [-0.3, -0.25) is 4.90 Å². The summed E-state index contributed by atoms with van der Waals surface area (Å²) in [6.45, 7) is 6.21. The Bertz CT molecular complexity index is 1230. The molecule has 0 aromatic carbocycles. The van der Waals surface area contributed by atoms with Crippen molar-refractivity contribution in [3.63, 3.8) is 0 Å². The molecule has 4 fully saturated rings. The summed E-state index contributed by atoms with van der Waals surface area (Å²) in [6.07, 6.45) is 9.06. The highest BCUT2D eigenvalue weighted by atomic mass is 32.2. The van der Waals surface area contributed by atoms with Gasteiger partial charge in [-0.25, -0.2) is 4.98 Å². The number of nitrogens with one attached hydrogen (secondary N) is 1. The second kappa shape index (κ2) is 7.42. The first-order valence-corrected chi connectivity index (χ1v) is 13.5. The molecule has 4 unspecified atom stereocenters. The maximum atomic E-state index is 11.6. The van der Waals surface area contributed by atoms with E-state index < -0.39 is 16.3 Å². The molecule has 0 amide bonds. The van der Waals surface area contributed by atoms with Crippen LogP contribution in [-0.2, 0) is 10.1 Å². The molecule has 2 saturated heterocycles. The van der Waals surface area contributed by atoms with Crippen LogP contribution >= 0.6 is 0 Å². The number of hydrogen-bond acceptors (Lipinski definition) is 7. The molecule has 33 heavy (non-hydrogen) atoms. The number of nitriles is 1. The number of fused-ring (bicyclic) bond motifs is 1. The summed E-state index contributed by atoms with van der Waals surface area (Å²) in [6, 6.07) is 3.13. The highest BCUT2D eigenvalue weighted by molar-refractivity contribution is 7.86. The lowest BCUT2D eigenvalue weighted by molar-refractivity contribution is -0.182. The van der Waals surface area contributed by atoms with Crippen molar-refractivity contribution in [2.45, 2.75) is 83.5 Å². The molecular formula is C24H32N4O4S. The normalized spacial score (nSPS) is 33.2. The Morgan fingerprint density at radius 1 is 1.36 bits per heavy atom. The van der Waals surface area contributed by atoms with Gasteiger partial charge in [-0.15, -0.1) is 0 Å². The van der Waals surface area contributed by atoms with Crippen LogP contribution in [0.1, 0.15) is 69.4 Å². The summed E-state index contributed by atoms with van der Waals surface area (Å²) in [5, 5.41) is 22.1. The summed E-state index contributed by atoms with van der Waals surface area (Å²) < 4.78 is 28.4. The van der Waals surface area contributed by atoms with Gasteiger partial charge in [0, 0.05) is 29.2 Å². The van der Waals surface area contributed by atoms with Crippen molar-refractivity contribution in [3.05, 3.63) is 23.5 Å². The van der Waals surface area contributed by atoms with Crippen LogP contribution < -0.4 is 4.18 Å². The Morgan fingerprint density at radius 2 is 2.03 bits per heavy atom. The zero-order valence-corrected chi connectivity index (χ0v) is 20.4. The number of rotatable bonds is 6. The van der Waals surface area contributed by atoms with Gasteiger partial charge in [-0.1, -0.05) is 13.8 Å². The van der Waals surface area contributed by atoms with Crippen LogP contribution in [0.4, 0.5) is 0 Å². The number of nitrogens with zero attached hydrogens (tertiary/aromatic N) is 3. The van der Waals surface area contributed by atoms with Gasteiger partial charge in [0.05, 0.1) is 23.9 Å². The van der Waals surface area contributed by atoms with E-state index >= 15 is 0 Å². The number of pyridine rings is 1. The summed E-state index contributed by atoms with van der Waals surface area (Å²) in [5.41, 5.74) is 2.35. The largest absolute Gasteiger partial charge is 0.381 e. The van der Waals surface area contributed by atoms with Gasteiger partial charge in [-0.2, -0.15) is 13.7 Å². The van der Waals surface area contributed by atoms with Gasteiger partial charge in [0.15, 0.2) is 5.75 Å². The fraction of sp³-hybridized carbons (Fsp3) is 0.667. The molecule has 2 aromatic heterocycles. The van der Waals surface area contributed by atoms with Gasteiger partial charge < -0.3 is 14.3 Å². The molecule has 178 valence electrons. The standard InChI is InChI=1S/C24H32N4O4S/c1-14(18-10-26-22-21(18)15(2)19(11-27-22)32-33(4,30)31)5-20(29)28-16-6-23(3)7-17(28)9-24(8-16,12-23)13-25/h10-11,14,16-17,20,29H,5-9,12H2,1-4H3,(H,26,27). The minimum atomic E-state index is -3.66. The first kappa shape index (κ1) is 22.6. The monoisotopic (exact) mass is 472 g/mol. The zero-order chi connectivity index (χ0) is 23.8. The molecule has 6 rings (SSSR count). The molecule has 4 bridgehead atoms. The van der Waals surface area contributed by atoms with Crippen LogP contribution in [0.5, 0.6) is 5.75 Å². The Labute approximate surface area is 195 Å². The van der Waals surface area contributed by atoms with E-state index in [0.717, 1.165) is 49.3 Å². The Morgan fingerprint density at radius 3 is 2.64 bits per heavy atom. The predicted octanol–water partition coefficient (Wildman–Crippen LogP) is 3.57. The molecular weight excluding hydrogens is 440 g/mol. The number of H-pyrrole nitrogens is 1. The molecule has 8 nitrogen and oxygen atoms in total. The summed E-state index contributed by atoms with van der Waals surface area (Å²) in [7, 11) is -3.66. The average Bonchev–Trinajstić information content (AvgIpc) is 3.12. The first-order valence-electron chi connectivity index (χ1n) is 11.7.